The number of hydrogen-bond acceptors (Lipinski definition) is 8. The maximum atomic E-state index is 12.1. The van der Waals surface area contributed by atoms with Crippen molar-refractivity contribution in [3.63, 3.8) is 0 Å². The molecule has 2 aromatic carbocycles. The Morgan fingerprint density at radius 2 is 1.44 bits per heavy atom. The molecular formula is C28H29N5O4S2. The zero-order valence-electron chi connectivity index (χ0n) is 22.8. The molecule has 11 heteroatoms. The van der Waals surface area contributed by atoms with Crippen molar-refractivity contribution in [2.45, 2.75) is 37.2 Å². The average molecular weight is 564 g/mol. The molecule has 0 aliphatic heterocycles. The molecular weight excluding hydrogens is 534 g/mol. The normalized spacial score (nSPS) is 12.5. The van der Waals surface area contributed by atoms with Gasteiger partial charge in [0.1, 0.15) is 21.6 Å². The van der Waals surface area contributed by atoms with Crippen molar-refractivity contribution in [2.24, 2.45) is 0 Å². The second kappa shape index (κ2) is 9.67. The van der Waals surface area contributed by atoms with Crippen LogP contribution in [0.25, 0.3) is 16.7 Å². The molecule has 0 spiro atoms. The van der Waals surface area contributed by atoms with E-state index in [1.165, 1.54) is 12.5 Å². The fourth-order valence-corrected chi connectivity index (χ4v) is 3.90. The van der Waals surface area contributed by atoms with E-state index in [0.29, 0.717) is 22.7 Å². The quantitative estimate of drug-likeness (QED) is 0.347. The minimum atomic E-state index is -3.37. The van der Waals surface area contributed by atoms with Gasteiger partial charge in [-0.2, -0.15) is 4.98 Å². The van der Waals surface area contributed by atoms with Crippen LogP contribution in [0.2, 0.25) is 0 Å². The second-order valence-corrected chi connectivity index (χ2v) is 15.5. The molecule has 0 radical (unpaired) electrons. The number of hydrogen-bond donors (Lipinski definition) is 0. The van der Waals surface area contributed by atoms with Crippen molar-refractivity contribution in [3.05, 3.63) is 59.9 Å². The Balaban J connectivity index is 1.80. The predicted molar refractivity (Wildman–Crippen MR) is 154 cm³/mol. The Labute approximate surface area is 229 Å². The molecule has 0 saturated heterocycles. The van der Waals surface area contributed by atoms with Gasteiger partial charge in [-0.1, -0.05) is 29.7 Å². The minimum absolute atomic E-state index is 0.386. The van der Waals surface area contributed by atoms with Crippen molar-refractivity contribution in [3.8, 4) is 23.7 Å². The van der Waals surface area contributed by atoms with Crippen LogP contribution in [0.15, 0.2) is 48.8 Å². The minimum Gasteiger partial charge on any atom is -0.329 e. The Morgan fingerprint density at radius 1 is 0.846 bits per heavy atom. The Kier molecular flexibility index (Phi) is 6.97. The zero-order valence-corrected chi connectivity index (χ0v) is 24.4. The van der Waals surface area contributed by atoms with E-state index in [-0.39, 0.29) is 0 Å². The molecule has 9 nitrogen and oxygen atoms in total. The highest BCUT2D eigenvalue weighted by molar-refractivity contribution is 7.92. The van der Waals surface area contributed by atoms with E-state index in [9.17, 15) is 16.8 Å². The van der Waals surface area contributed by atoms with Crippen LogP contribution in [0.1, 0.15) is 38.8 Å². The lowest BCUT2D eigenvalue weighted by Crippen LogP contribution is -2.28. The third-order valence-electron chi connectivity index (χ3n) is 6.65. The summed E-state index contributed by atoms with van der Waals surface area (Å²) in [6, 6.07) is 13.0. The van der Waals surface area contributed by atoms with Crippen molar-refractivity contribution in [1.82, 2.24) is 19.6 Å². The molecule has 202 valence electrons. The van der Waals surface area contributed by atoms with Crippen LogP contribution in [0.3, 0.4) is 0 Å². The van der Waals surface area contributed by atoms with Crippen LogP contribution in [-0.4, -0.2) is 65.5 Å². The van der Waals surface area contributed by atoms with Gasteiger partial charge >= 0.3 is 0 Å². The Bertz CT molecular complexity index is 1950. The van der Waals surface area contributed by atoms with Gasteiger partial charge in [-0.25, -0.2) is 16.8 Å². The average Bonchev–Trinajstić information content (AvgIpc) is 3.33. The molecule has 4 rings (SSSR count). The molecule has 0 amide bonds. The van der Waals surface area contributed by atoms with E-state index in [4.69, 9.17) is 4.98 Å². The molecule has 0 N–H and O–H groups in total. The molecule has 0 fully saturated rings. The van der Waals surface area contributed by atoms with Crippen LogP contribution in [0, 0.1) is 23.7 Å². The first kappa shape index (κ1) is 28.1. The molecule has 0 bridgehead atoms. The molecule has 0 unspecified atom stereocenters. The Morgan fingerprint density at radius 3 is 2.03 bits per heavy atom. The topological polar surface area (TPSA) is 115 Å². The lowest BCUT2D eigenvalue weighted by molar-refractivity contribution is 0.580. The summed E-state index contributed by atoms with van der Waals surface area (Å²) < 4.78 is 47.6. The van der Waals surface area contributed by atoms with Crippen LogP contribution in [0.4, 0.5) is 11.5 Å². The van der Waals surface area contributed by atoms with Gasteiger partial charge in [0.2, 0.25) is 0 Å². The molecule has 0 atom stereocenters. The van der Waals surface area contributed by atoms with E-state index in [1.54, 1.807) is 38.4 Å². The SMILES string of the molecule is CN(c1cccc(C#CC(C)(C)S(C)(=O)=O)c1)c1nc2nncn2c2cc(C#CC(C)(C)S(C)(=O)=O)ccc12. The van der Waals surface area contributed by atoms with Crippen LogP contribution >= 0.6 is 0 Å². The van der Waals surface area contributed by atoms with Crippen molar-refractivity contribution < 1.29 is 16.8 Å². The number of fused-ring (bicyclic) bond motifs is 3. The van der Waals surface area contributed by atoms with Gasteiger partial charge in [0.25, 0.3) is 5.78 Å². The van der Waals surface area contributed by atoms with Crippen LogP contribution in [0.5, 0.6) is 0 Å². The number of rotatable bonds is 4. The number of nitrogens with zero attached hydrogens (tertiary/aromatic N) is 5. The largest absolute Gasteiger partial charge is 0.329 e. The maximum Gasteiger partial charge on any atom is 0.257 e. The van der Waals surface area contributed by atoms with Crippen LogP contribution < -0.4 is 4.90 Å². The Hall–Kier alpha value is -3.93. The summed E-state index contributed by atoms with van der Waals surface area (Å²) in [5.74, 6) is 12.7. The molecule has 4 aromatic rings. The summed E-state index contributed by atoms with van der Waals surface area (Å²) in [7, 11) is -4.86. The summed E-state index contributed by atoms with van der Waals surface area (Å²) in [6.07, 6.45) is 3.91. The molecule has 2 heterocycles. The van der Waals surface area contributed by atoms with Crippen molar-refractivity contribution >= 4 is 47.9 Å². The van der Waals surface area contributed by atoms with E-state index in [0.717, 1.165) is 16.6 Å². The highest BCUT2D eigenvalue weighted by atomic mass is 32.2. The fraction of sp³-hybridized carbons (Fsp3) is 0.321. The van der Waals surface area contributed by atoms with Gasteiger partial charge in [0.15, 0.2) is 19.7 Å². The molecule has 0 aliphatic rings. The van der Waals surface area contributed by atoms with E-state index in [2.05, 4.69) is 33.9 Å². The number of aromatic nitrogens is 4. The highest BCUT2D eigenvalue weighted by Gasteiger charge is 2.28. The molecule has 39 heavy (non-hydrogen) atoms. The summed E-state index contributed by atoms with van der Waals surface area (Å²) in [6.45, 7) is 6.31. The van der Waals surface area contributed by atoms with E-state index < -0.39 is 29.2 Å². The van der Waals surface area contributed by atoms with Gasteiger partial charge in [0.05, 0.1) is 5.52 Å². The van der Waals surface area contributed by atoms with Crippen molar-refractivity contribution in [1.29, 1.82) is 0 Å². The van der Waals surface area contributed by atoms with Crippen molar-refractivity contribution in [2.75, 3.05) is 24.5 Å². The number of anilines is 2. The van der Waals surface area contributed by atoms with Crippen LogP contribution in [-0.2, 0) is 19.7 Å². The first-order valence-electron chi connectivity index (χ1n) is 11.9. The first-order chi connectivity index (χ1) is 18.0. The first-order valence-corrected chi connectivity index (χ1v) is 15.7. The highest BCUT2D eigenvalue weighted by Crippen LogP contribution is 2.31. The van der Waals surface area contributed by atoms with Gasteiger partial charge < -0.3 is 4.90 Å². The maximum absolute atomic E-state index is 12.1. The van der Waals surface area contributed by atoms with E-state index in [1.807, 2.05) is 54.4 Å². The summed E-state index contributed by atoms with van der Waals surface area (Å²) in [5, 5.41) is 8.93. The fourth-order valence-electron chi connectivity index (χ4n) is 3.43. The summed E-state index contributed by atoms with van der Waals surface area (Å²) in [4.78, 5) is 6.61. The third kappa shape index (κ3) is 5.60. The lowest BCUT2D eigenvalue weighted by Gasteiger charge is -2.21. The third-order valence-corrected chi connectivity index (χ3v) is 10.6. The number of benzene rings is 2. The smallest absolute Gasteiger partial charge is 0.257 e. The number of sulfone groups is 2. The summed E-state index contributed by atoms with van der Waals surface area (Å²) >= 11 is 0. The second-order valence-electron chi connectivity index (χ2n) is 10.3. The summed E-state index contributed by atoms with van der Waals surface area (Å²) in [5.41, 5.74) is 2.84. The monoisotopic (exact) mass is 563 g/mol. The van der Waals surface area contributed by atoms with Gasteiger partial charge in [-0.05, 0) is 64.1 Å². The molecule has 0 aliphatic carbocycles. The standard InChI is InChI=1S/C28H29N5O4S2/c1-27(2,38(6,34)35)15-13-20-9-8-10-22(17-20)32(5)25-23-12-11-21(14-16-28(3,4)39(7,36)37)18-24(23)33-19-29-31-26(33)30-25/h8-12,17-19H,1-7H3. The zero-order chi connectivity index (χ0) is 28.8. The van der Waals surface area contributed by atoms with Gasteiger partial charge in [0, 0.05) is 41.8 Å². The van der Waals surface area contributed by atoms with Gasteiger partial charge in [-0.3, -0.25) is 4.40 Å². The predicted octanol–water partition coefficient (Wildman–Crippen LogP) is 3.39. The molecule has 2 aromatic heterocycles. The van der Waals surface area contributed by atoms with Gasteiger partial charge in [-0.15, -0.1) is 10.2 Å². The van der Waals surface area contributed by atoms with E-state index >= 15 is 0 Å². The molecule has 0 saturated carbocycles. The lowest BCUT2D eigenvalue weighted by atomic mass is 10.1.